The summed E-state index contributed by atoms with van der Waals surface area (Å²) in [5.41, 5.74) is 16.9. The van der Waals surface area contributed by atoms with Gasteiger partial charge in [0.15, 0.2) is 0 Å². The predicted octanol–water partition coefficient (Wildman–Crippen LogP) is 17.8. The van der Waals surface area contributed by atoms with E-state index in [4.69, 9.17) is 24.9 Å². The Morgan fingerprint density at radius 2 is 0.968 bits per heavy atom. The average molecular weight is 1380 g/mol. The van der Waals surface area contributed by atoms with Crippen molar-refractivity contribution >= 4 is 60.3 Å². The first-order valence-corrected chi connectivity index (χ1v) is 39.7. The molecule has 20 heteroatoms. The number of benzene rings is 6. The van der Waals surface area contributed by atoms with E-state index in [-0.39, 0.29) is 49.5 Å². The number of carboxylic acid groups (broad SMARTS) is 1. The molecule has 0 aliphatic carbocycles. The van der Waals surface area contributed by atoms with Crippen LogP contribution in [-0.2, 0) is 46.7 Å². The zero-order valence-corrected chi connectivity index (χ0v) is 58.8. The molecule has 0 bridgehead atoms. The molecule has 0 fully saturated rings. The quantitative estimate of drug-likeness (QED) is 0.00911. The van der Waals surface area contributed by atoms with Crippen LogP contribution in [-0.4, -0.2) is 86.7 Å². The van der Waals surface area contributed by atoms with E-state index in [9.17, 15) is 24.4 Å². The minimum Gasteiger partial charge on any atom is -0.483 e. The van der Waals surface area contributed by atoms with Gasteiger partial charge in [0.1, 0.15) is 25.3 Å². The van der Waals surface area contributed by atoms with Crippen LogP contribution in [0.5, 0.6) is 0 Å². The fourth-order valence-electron chi connectivity index (χ4n) is 10.6. The molecule has 2 unspecified atom stereocenters. The number of hydrogen-bond donors (Lipinski definition) is 3. The number of carbonyl (C=O) groups is 5. The maximum Gasteiger partial charge on any atom is 0.290 e. The van der Waals surface area contributed by atoms with E-state index in [0.717, 1.165) is 64.6 Å². The van der Waals surface area contributed by atoms with Gasteiger partial charge in [-0.15, -0.1) is 10.2 Å². The van der Waals surface area contributed by atoms with Gasteiger partial charge in [0.25, 0.3) is 6.47 Å². The Bertz CT molecular complexity index is 3360. The second kappa shape index (κ2) is 44.0. The first-order chi connectivity index (χ1) is 44.6. The molecular weight excluding hydrogens is 1280 g/mol. The van der Waals surface area contributed by atoms with Gasteiger partial charge in [-0.2, -0.15) is 10.5 Å². The Hall–Kier alpha value is -8.70. The fourth-order valence-corrected chi connectivity index (χ4v) is 22.8. The van der Waals surface area contributed by atoms with Crippen LogP contribution in [0.1, 0.15) is 156 Å². The van der Waals surface area contributed by atoms with Gasteiger partial charge in [0, 0.05) is 29.8 Å². The molecule has 93 heavy (non-hydrogen) atoms. The Labute approximate surface area is 555 Å². The van der Waals surface area contributed by atoms with E-state index in [2.05, 4.69) is 55.7 Å². The van der Waals surface area contributed by atoms with Gasteiger partial charge in [-0.25, -0.2) is 9.59 Å². The first kappa shape index (κ1) is 78.5. The monoisotopic (exact) mass is 1380 g/mol. The van der Waals surface area contributed by atoms with Crippen molar-refractivity contribution in [3.05, 3.63) is 185 Å². The second-order valence-corrected chi connectivity index (χ2v) is 35.0. The maximum atomic E-state index is 13.5. The van der Waals surface area contributed by atoms with Crippen LogP contribution in [0.2, 0.25) is 13.3 Å². The molecule has 2 atom stereocenters. The van der Waals surface area contributed by atoms with Gasteiger partial charge in [-0.05, 0) is 93.6 Å². The Balaban J connectivity index is 0.000000380. The van der Waals surface area contributed by atoms with Crippen LogP contribution >= 0.6 is 0 Å². The minimum atomic E-state index is -2.45. The SMILES string of the molecule is CCCCC(=O)N(c1ccc(-c2ccccc2-c2nn[nH]n2)cc1)C(C(=O)OCc1ccccc1)C(C)C.CCCCC(=O)N(c1ccc(-c2ccccc2C#N)cc1)C(C(=O)OCc1ccccc1)C(C)C.CCC[CH2][Sn]([CH2]CCC)([CH2]CCC)[N]=[N+]=[N-].N.O=CO. The van der Waals surface area contributed by atoms with Crippen molar-refractivity contribution in [2.45, 2.75) is 178 Å². The molecule has 0 spiro atoms. The Morgan fingerprint density at radius 1 is 0.591 bits per heavy atom. The molecule has 0 saturated heterocycles. The first-order valence-electron chi connectivity index (χ1n) is 32.3. The van der Waals surface area contributed by atoms with Crippen molar-refractivity contribution < 1.29 is 38.6 Å². The third kappa shape index (κ3) is 25.4. The summed E-state index contributed by atoms with van der Waals surface area (Å²) in [6.07, 6.45) is 11.5. The molecule has 19 nitrogen and oxygen atoms in total. The van der Waals surface area contributed by atoms with Gasteiger partial charge in [0.05, 0.1) is 11.6 Å². The molecule has 1 heterocycles. The van der Waals surface area contributed by atoms with Gasteiger partial charge >= 0.3 is 117 Å². The molecule has 496 valence electrons. The molecule has 1 aromatic heterocycles. The average Bonchev–Trinajstić information content (AvgIpc) is 1.57. The molecule has 0 radical (unpaired) electrons. The van der Waals surface area contributed by atoms with E-state index < -0.39 is 42.7 Å². The van der Waals surface area contributed by atoms with Gasteiger partial charge in [-0.1, -0.05) is 182 Å². The van der Waals surface area contributed by atoms with E-state index in [1.807, 2.05) is 193 Å². The minimum absolute atomic E-state index is 0. The van der Waals surface area contributed by atoms with Crippen LogP contribution in [0.4, 0.5) is 11.4 Å². The standard InChI is InChI=1S/C30H33N5O3.C30H32N2O3.3C4H9.CH2O2.N3.H3N.Sn/c1-4-5-15-27(36)35(28(21(2)3)30(37)38-20-22-11-7-6-8-12-22)24-18-16-23(17-19-24)25-13-9-10-14-26(25)29-31-33-34-32-29;1-4-5-15-28(33)32(29(22(2)3)30(34)35-21-23-11-7-6-8-12-23)26-18-16-24(17-19-26)27-14-10-9-13-25(27)20-31;3*1-3-4-2;2-1-3;1-3-2;;/h6-14,16-19,21,28H,4-5,15,20H2,1-3H3,(H,31,32,33,34);6-14,16-19,22,29H,4-5,15,21H2,1-3H3;3*1,3-4H2,2H3;1H,(H,2,3);;1H3;/q;;;;;;-1;;+1. The van der Waals surface area contributed by atoms with Crippen LogP contribution in [0.3, 0.4) is 0 Å². The van der Waals surface area contributed by atoms with E-state index in [1.54, 1.807) is 15.9 Å². The Kier molecular flexibility index (Phi) is 37.1. The van der Waals surface area contributed by atoms with Crippen molar-refractivity contribution in [3.8, 4) is 39.7 Å². The molecule has 7 rings (SSSR count). The van der Waals surface area contributed by atoms with Gasteiger partial charge < -0.3 is 20.7 Å². The van der Waals surface area contributed by atoms with E-state index >= 15 is 0 Å². The number of nitrogens with one attached hydrogen (secondary N) is 1. The molecular formula is C73H97N11O8Sn. The number of unbranched alkanes of at least 4 members (excludes halogenated alkanes) is 5. The number of tetrazole rings is 1. The summed E-state index contributed by atoms with van der Waals surface area (Å²) in [5.74, 6) is -0.838. The number of azide groups is 1. The van der Waals surface area contributed by atoms with Gasteiger partial charge in [-0.3, -0.25) is 24.2 Å². The number of aromatic nitrogens is 4. The maximum absolute atomic E-state index is 13.5. The van der Waals surface area contributed by atoms with Crippen molar-refractivity contribution in [3.63, 3.8) is 0 Å². The molecule has 7 aromatic rings. The van der Waals surface area contributed by atoms with Crippen molar-refractivity contribution in [2.75, 3.05) is 9.80 Å². The van der Waals surface area contributed by atoms with Crippen molar-refractivity contribution in [1.29, 1.82) is 5.26 Å². The third-order valence-electron chi connectivity index (χ3n) is 15.5. The van der Waals surface area contributed by atoms with E-state index in [1.165, 1.54) is 51.8 Å². The number of nitriles is 1. The van der Waals surface area contributed by atoms with Crippen LogP contribution < -0.4 is 16.0 Å². The largest absolute Gasteiger partial charge is 0.483 e. The Morgan fingerprint density at radius 3 is 1.33 bits per heavy atom. The fraction of sp³-hybridized carbons (Fsp3) is 0.411. The number of nitrogens with zero attached hydrogens (tertiary/aromatic N) is 9. The van der Waals surface area contributed by atoms with Crippen LogP contribution in [0, 0.1) is 23.2 Å². The number of amides is 2. The molecule has 0 saturated carbocycles. The summed E-state index contributed by atoms with van der Waals surface area (Å²) >= 11 is -2.45. The molecule has 0 aliphatic rings. The number of rotatable bonds is 31. The zero-order valence-electron chi connectivity index (χ0n) is 56.0. The summed E-state index contributed by atoms with van der Waals surface area (Å²) in [6, 6.07) is 50.1. The second-order valence-electron chi connectivity index (χ2n) is 23.2. The number of anilines is 2. The molecule has 0 aliphatic heterocycles. The molecule has 2 amide bonds. The summed E-state index contributed by atoms with van der Waals surface area (Å²) in [6.45, 7) is 18.5. The molecule has 5 N–H and O–H groups in total. The van der Waals surface area contributed by atoms with Gasteiger partial charge in [0.2, 0.25) is 17.6 Å². The summed E-state index contributed by atoms with van der Waals surface area (Å²) in [4.78, 5) is 68.2. The normalized spacial score (nSPS) is 11.2. The molecule has 6 aromatic carbocycles. The topological polar surface area (TPSA) is 293 Å². The number of hydrogen-bond acceptors (Lipinski definition) is 13. The number of H-pyrrole nitrogens is 1. The van der Waals surface area contributed by atoms with Crippen molar-refractivity contribution in [2.24, 2.45) is 15.2 Å². The third-order valence-corrected chi connectivity index (χ3v) is 28.0. The van der Waals surface area contributed by atoms with Crippen molar-refractivity contribution in [1.82, 2.24) is 26.8 Å². The number of esters is 2. The predicted molar refractivity (Wildman–Crippen MR) is 373 cm³/mol. The number of ether oxygens (including phenoxy) is 2. The van der Waals surface area contributed by atoms with Crippen LogP contribution in [0.25, 0.3) is 44.1 Å². The summed E-state index contributed by atoms with van der Waals surface area (Å²) < 4.78 is 19.5. The number of aromatic amines is 1. The summed E-state index contributed by atoms with van der Waals surface area (Å²) in [5, 5.41) is 30.8. The van der Waals surface area contributed by atoms with E-state index in [0.29, 0.717) is 35.6 Å². The van der Waals surface area contributed by atoms with Crippen LogP contribution in [0.15, 0.2) is 161 Å². The summed E-state index contributed by atoms with van der Waals surface area (Å²) in [7, 11) is 0. The number of carbonyl (C=O) groups excluding carboxylic acids is 4. The smallest absolute Gasteiger partial charge is 0.290 e. The zero-order chi connectivity index (χ0) is 67.1.